The summed E-state index contributed by atoms with van der Waals surface area (Å²) in [6.07, 6.45) is 5.94. The van der Waals surface area contributed by atoms with Crippen molar-refractivity contribution in [2.75, 3.05) is 7.05 Å². The molecule has 0 radical (unpaired) electrons. The third kappa shape index (κ3) is 3.62. The van der Waals surface area contributed by atoms with E-state index in [1.54, 1.807) is 4.90 Å². The summed E-state index contributed by atoms with van der Waals surface area (Å²) in [7, 11) is 1.84. The zero-order valence-corrected chi connectivity index (χ0v) is 10.7. The van der Waals surface area contributed by atoms with Crippen molar-refractivity contribution in [3.8, 4) is 0 Å². The molecule has 0 saturated heterocycles. The molecule has 0 N–H and O–H groups in total. The summed E-state index contributed by atoms with van der Waals surface area (Å²) in [4.78, 5) is 24.4. The molecule has 0 aliphatic heterocycles. The second kappa shape index (κ2) is 6.02. The van der Waals surface area contributed by atoms with Crippen LogP contribution in [0.4, 0.5) is 0 Å². The number of Topliss-reactive ketones (excluding diaryl/α,β-unsaturated/α-hetero) is 1. The molecule has 0 heterocycles. The van der Waals surface area contributed by atoms with Crippen LogP contribution >= 0.6 is 0 Å². The third-order valence-electron chi connectivity index (χ3n) is 3.73. The minimum atomic E-state index is -0.0425. The Bertz CT molecular complexity index is 255. The maximum absolute atomic E-state index is 11.7. The number of rotatable bonds is 4. The average Bonchev–Trinajstić information content (AvgIpc) is 2.27. The highest BCUT2D eigenvalue weighted by Gasteiger charge is 2.25. The predicted octanol–water partition coefficient (Wildman–Crippen LogP) is 2.39. The van der Waals surface area contributed by atoms with Gasteiger partial charge in [0.2, 0.25) is 5.91 Å². The van der Waals surface area contributed by atoms with Crippen LogP contribution in [0, 0.1) is 5.92 Å². The van der Waals surface area contributed by atoms with E-state index in [4.69, 9.17) is 0 Å². The largest absolute Gasteiger partial charge is 0.342 e. The number of ketones is 1. The fraction of sp³-hybridized carbons (Fsp3) is 0.846. The molecule has 16 heavy (non-hydrogen) atoms. The summed E-state index contributed by atoms with van der Waals surface area (Å²) in [5.74, 6) is 0.777. The van der Waals surface area contributed by atoms with Gasteiger partial charge in [0.15, 0.2) is 0 Å². The van der Waals surface area contributed by atoms with Gasteiger partial charge in [0.1, 0.15) is 5.78 Å². The summed E-state index contributed by atoms with van der Waals surface area (Å²) >= 11 is 0. The first-order valence-electron chi connectivity index (χ1n) is 6.29. The number of amides is 1. The van der Waals surface area contributed by atoms with E-state index in [2.05, 4.69) is 6.92 Å². The van der Waals surface area contributed by atoms with E-state index in [-0.39, 0.29) is 18.1 Å². The van der Waals surface area contributed by atoms with Crippen LogP contribution in [0.1, 0.15) is 52.4 Å². The van der Waals surface area contributed by atoms with Crippen molar-refractivity contribution >= 4 is 11.7 Å². The van der Waals surface area contributed by atoms with Crippen LogP contribution in [-0.2, 0) is 9.59 Å². The number of hydrogen-bond acceptors (Lipinski definition) is 2. The molecule has 1 aliphatic carbocycles. The molecule has 1 aliphatic rings. The van der Waals surface area contributed by atoms with Crippen molar-refractivity contribution in [1.29, 1.82) is 0 Å². The number of carbonyl (C=O) groups excluding carboxylic acids is 2. The van der Waals surface area contributed by atoms with Gasteiger partial charge in [-0.05, 0) is 38.5 Å². The molecule has 1 fully saturated rings. The van der Waals surface area contributed by atoms with Crippen molar-refractivity contribution in [2.24, 2.45) is 5.92 Å². The predicted molar refractivity (Wildman–Crippen MR) is 64.1 cm³/mol. The maximum atomic E-state index is 11.7. The zero-order chi connectivity index (χ0) is 12.1. The monoisotopic (exact) mass is 225 g/mol. The van der Waals surface area contributed by atoms with Gasteiger partial charge in [0.05, 0.1) is 6.42 Å². The van der Waals surface area contributed by atoms with Crippen LogP contribution in [0.25, 0.3) is 0 Å². The fourth-order valence-electron chi connectivity index (χ4n) is 2.48. The molecule has 0 atom stereocenters. The molecular weight excluding hydrogens is 202 g/mol. The summed E-state index contributed by atoms with van der Waals surface area (Å²) < 4.78 is 0. The Morgan fingerprint density at radius 1 is 1.19 bits per heavy atom. The molecule has 0 unspecified atom stereocenters. The Balaban J connectivity index is 2.40. The number of nitrogens with zero attached hydrogens (tertiary/aromatic N) is 1. The summed E-state index contributed by atoms with van der Waals surface area (Å²) in [6.45, 7) is 3.70. The van der Waals surface area contributed by atoms with Gasteiger partial charge >= 0.3 is 0 Å². The van der Waals surface area contributed by atoms with Crippen LogP contribution in [-0.4, -0.2) is 29.7 Å². The first kappa shape index (κ1) is 13.2. The average molecular weight is 225 g/mol. The minimum absolute atomic E-state index is 0.0209. The van der Waals surface area contributed by atoms with Gasteiger partial charge in [-0.1, -0.05) is 13.3 Å². The van der Waals surface area contributed by atoms with E-state index in [9.17, 15) is 9.59 Å². The molecule has 1 rings (SSSR count). The summed E-state index contributed by atoms with van der Waals surface area (Å²) in [6, 6.07) is 0.356. The lowest BCUT2D eigenvalue weighted by Gasteiger charge is -2.34. The molecule has 3 nitrogen and oxygen atoms in total. The Labute approximate surface area is 98.2 Å². The van der Waals surface area contributed by atoms with Gasteiger partial charge in [-0.15, -0.1) is 0 Å². The second-order valence-electron chi connectivity index (χ2n) is 4.97. The zero-order valence-electron chi connectivity index (χ0n) is 10.7. The fourth-order valence-corrected chi connectivity index (χ4v) is 2.48. The van der Waals surface area contributed by atoms with Crippen LogP contribution in [0.15, 0.2) is 0 Å². The van der Waals surface area contributed by atoms with Crippen molar-refractivity contribution in [3.63, 3.8) is 0 Å². The maximum Gasteiger partial charge on any atom is 0.229 e. The normalized spacial score (nSPS) is 25.2. The van der Waals surface area contributed by atoms with E-state index in [1.165, 1.54) is 26.2 Å². The van der Waals surface area contributed by atoms with Crippen LogP contribution in [0.3, 0.4) is 0 Å². The van der Waals surface area contributed by atoms with Crippen LogP contribution < -0.4 is 0 Å². The van der Waals surface area contributed by atoms with Crippen LogP contribution in [0.5, 0.6) is 0 Å². The Morgan fingerprint density at radius 2 is 1.75 bits per heavy atom. The van der Waals surface area contributed by atoms with Gasteiger partial charge in [0.25, 0.3) is 0 Å². The number of carbonyl (C=O) groups is 2. The van der Waals surface area contributed by atoms with E-state index < -0.39 is 0 Å². The highest BCUT2D eigenvalue weighted by molar-refractivity contribution is 5.96. The Kier molecular flexibility index (Phi) is 4.97. The lowest BCUT2D eigenvalue weighted by atomic mass is 9.84. The van der Waals surface area contributed by atoms with Gasteiger partial charge in [0, 0.05) is 13.1 Å². The number of hydrogen-bond donors (Lipinski definition) is 0. The molecule has 0 aromatic rings. The highest BCUT2D eigenvalue weighted by Crippen LogP contribution is 2.29. The quantitative estimate of drug-likeness (QED) is 0.689. The summed E-state index contributed by atoms with van der Waals surface area (Å²) in [5, 5.41) is 0. The molecule has 0 aromatic heterocycles. The lowest BCUT2D eigenvalue weighted by Crippen LogP contribution is -2.40. The first-order valence-corrected chi connectivity index (χ1v) is 6.29. The van der Waals surface area contributed by atoms with E-state index in [0.29, 0.717) is 6.04 Å². The summed E-state index contributed by atoms with van der Waals surface area (Å²) in [5.41, 5.74) is 0. The standard InChI is InChI=1S/C13H23NO2/c1-4-11-5-7-12(8-6-11)14(3)13(16)9-10(2)15/h11-12H,4-9H2,1-3H3. The van der Waals surface area contributed by atoms with Crippen molar-refractivity contribution < 1.29 is 9.59 Å². The van der Waals surface area contributed by atoms with Crippen molar-refractivity contribution in [2.45, 2.75) is 58.4 Å². The Hall–Kier alpha value is -0.860. The molecule has 92 valence electrons. The molecule has 0 bridgehead atoms. The molecular formula is C13H23NO2. The molecule has 1 amide bonds. The van der Waals surface area contributed by atoms with E-state index in [1.807, 2.05) is 7.05 Å². The SMILES string of the molecule is CCC1CCC(N(C)C(=O)CC(C)=O)CC1. The van der Waals surface area contributed by atoms with Gasteiger partial charge in [-0.25, -0.2) is 0 Å². The van der Waals surface area contributed by atoms with Gasteiger partial charge < -0.3 is 4.90 Å². The van der Waals surface area contributed by atoms with E-state index in [0.717, 1.165) is 18.8 Å². The topological polar surface area (TPSA) is 37.4 Å². The van der Waals surface area contributed by atoms with Crippen molar-refractivity contribution in [1.82, 2.24) is 4.90 Å². The van der Waals surface area contributed by atoms with Gasteiger partial charge in [-0.3, -0.25) is 9.59 Å². The lowest BCUT2D eigenvalue weighted by molar-refractivity contribution is -0.136. The first-order chi connectivity index (χ1) is 7.54. The molecule has 0 spiro atoms. The minimum Gasteiger partial charge on any atom is -0.342 e. The highest BCUT2D eigenvalue weighted by atomic mass is 16.2. The third-order valence-corrected chi connectivity index (χ3v) is 3.73. The molecule has 3 heteroatoms. The molecule has 0 aromatic carbocycles. The Morgan fingerprint density at radius 3 is 2.19 bits per heavy atom. The second-order valence-corrected chi connectivity index (χ2v) is 4.97. The molecule has 1 saturated carbocycles. The van der Waals surface area contributed by atoms with Gasteiger partial charge in [-0.2, -0.15) is 0 Å². The van der Waals surface area contributed by atoms with Crippen LogP contribution in [0.2, 0.25) is 0 Å². The van der Waals surface area contributed by atoms with E-state index >= 15 is 0 Å². The smallest absolute Gasteiger partial charge is 0.229 e. The van der Waals surface area contributed by atoms with Crippen molar-refractivity contribution in [3.05, 3.63) is 0 Å².